The van der Waals surface area contributed by atoms with E-state index in [2.05, 4.69) is 31.3 Å². The van der Waals surface area contributed by atoms with E-state index in [0.29, 0.717) is 11.4 Å². The van der Waals surface area contributed by atoms with Gasteiger partial charge < -0.3 is 5.32 Å². The summed E-state index contributed by atoms with van der Waals surface area (Å²) in [4.78, 5) is 16.7. The number of halogens is 3. The number of hydrogen-bond donors (Lipinski definition) is 1. The Morgan fingerprint density at radius 1 is 1.30 bits per heavy atom. The zero-order chi connectivity index (χ0) is 19.6. The van der Waals surface area contributed by atoms with Crippen LogP contribution in [0.5, 0.6) is 0 Å². The number of rotatable bonds is 5. The average Bonchev–Trinajstić information content (AvgIpc) is 2.90. The molecule has 2 heterocycles. The third-order valence-corrected chi connectivity index (χ3v) is 5.02. The van der Waals surface area contributed by atoms with Gasteiger partial charge in [-0.2, -0.15) is 5.10 Å². The summed E-state index contributed by atoms with van der Waals surface area (Å²) >= 11 is 9.35. The first kappa shape index (κ1) is 19.5. The molecule has 3 rings (SSSR count). The van der Waals surface area contributed by atoms with Crippen molar-refractivity contribution in [2.24, 2.45) is 0 Å². The molecule has 1 amide bonds. The van der Waals surface area contributed by atoms with Crippen LogP contribution in [0, 0.1) is 19.7 Å². The quantitative estimate of drug-likeness (QED) is 0.629. The molecule has 0 spiro atoms. The molecular weight excluding hydrogens is 435 g/mol. The highest BCUT2D eigenvalue weighted by atomic mass is 79.9. The molecule has 0 aliphatic rings. The highest BCUT2D eigenvalue weighted by molar-refractivity contribution is 9.10. The Kier molecular flexibility index (Phi) is 5.92. The van der Waals surface area contributed by atoms with Gasteiger partial charge in [-0.25, -0.2) is 14.1 Å². The molecule has 0 saturated carbocycles. The number of aryl methyl sites for hydroxylation is 1. The molecule has 0 radical (unpaired) electrons. The molecule has 0 fully saturated rings. The lowest BCUT2D eigenvalue weighted by molar-refractivity contribution is -0.120. The second kappa shape index (κ2) is 8.19. The molecule has 1 N–H and O–H groups in total. The monoisotopic (exact) mass is 450 g/mol. The number of amides is 1. The Labute approximate surface area is 169 Å². The van der Waals surface area contributed by atoms with Crippen LogP contribution in [0.15, 0.2) is 41.0 Å². The number of nitrogens with zero attached hydrogens (tertiary/aromatic N) is 3. The van der Waals surface area contributed by atoms with Crippen molar-refractivity contribution in [2.75, 3.05) is 0 Å². The van der Waals surface area contributed by atoms with E-state index in [0.717, 1.165) is 21.4 Å². The molecule has 0 bridgehead atoms. The van der Waals surface area contributed by atoms with E-state index in [-0.39, 0.29) is 23.9 Å². The van der Waals surface area contributed by atoms with Gasteiger partial charge in [0.2, 0.25) is 5.91 Å². The van der Waals surface area contributed by atoms with Gasteiger partial charge >= 0.3 is 0 Å². The summed E-state index contributed by atoms with van der Waals surface area (Å²) in [6.45, 7) is 4.00. The van der Waals surface area contributed by atoms with Crippen molar-refractivity contribution >= 4 is 33.4 Å². The van der Waals surface area contributed by atoms with Crippen LogP contribution in [-0.4, -0.2) is 20.7 Å². The molecule has 0 unspecified atom stereocenters. The van der Waals surface area contributed by atoms with Crippen molar-refractivity contribution in [3.8, 4) is 5.82 Å². The van der Waals surface area contributed by atoms with Crippen LogP contribution in [-0.2, 0) is 17.8 Å². The highest BCUT2D eigenvalue weighted by Gasteiger charge is 2.16. The second-order valence-corrected chi connectivity index (χ2v) is 7.41. The normalized spacial score (nSPS) is 10.9. The molecule has 140 valence electrons. The van der Waals surface area contributed by atoms with Crippen molar-refractivity contribution in [3.05, 3.63) is 74.4 Å². The van der Waals surface area contributed by atoms with E-state index >= 15 is 0 Å². The topological polar surface area (TPSA) is 59.8 Å². The Balaban J connectivity index is 1.71. The summed E-state index contributed by atoms with van der Waals surface area (Å²) in [5, 5.41) is 7.60. The predicted octanol–water partition coefficient (Wildman–Crippen LogP) is 4.30. The smallest absolute Gasteiger partial charge is 0.224 e. The van der Waals surface area contributed by atoms with Crippen LogP contribution in [0.1, 0.15) is 22.5 Å². The summed E-state index contributed by atoms with van der Waals surface area (Å²) in [6, 6.07) is 7.84. The SMILES string of the molecule is Cc1nn(-c2ccc(Br)cn2)c(C)c1CC(=O)NCc1ccc(F)cc1Cl. The van der Waals surface area contributed by atoms with Crippen LogP contribution in [0.3, 0.4) is 0 Å². The minimum Gasteiger partial charge on any atom is -0.352 e. The Bertz CT molecular complexity index is 988. The van der Waals surface area contributed by atoms with Crippen LogP contribution >= 0.6 is 27.5 Å². The lowest BCUT2D eigenvalue weighted by Gasteiger charge is -2.08. The van der Waals surface area contributed by atoms with Crippen LogP contribution in [0.25, 0.3) is 5.82 Å². The van der Waals surface area contributed by atoms with Crippen LogP contribution < -0.4 is 5.32 Å². The van der Waals surface area contributed by atoms with Crippen molar-refractivity contribution in [1.82, 2.24) is 20.1 Å². The van der Waals surface area contributed by atoms with Gasteiger partial charge in [-0.15, -0.1) is 0 Å². The Morgan fingerprint density at radius 2 is 2.07 bits per heavy atom. The Morgan fingerprint density at radius 3 is 2.74 bits per heavy atom. The first-order valence-electron chi connectivity index (χ1n) is 8.23. The molecule has 0 atom stereocenters. The van der Waals surface area contributed by atoms with Gasteiger partial charge in [-0.3, -0.25) is 4.79 Å². The third-order valence-electron chi connectivity index (χ3n) is 4.20. The standard InChI is InChI=1S/C19H17BrClFN4O/c1-11-16(12(2)26(25-11)18-6-4-14(20)10-23-18)8-19(27)24-9-13-3-5-15(22)7-17(13)21/h3-7,10H,8-9H2,1-2H3,(H,24,27). The lowest BCUT2D eigenvalue weighted by Crippen LogP contribution is -2.25. The molecule has 1 aromatic carbocycles. The predicted molar refractivity (Wildman–Crippen MR) is 105 cm³/mol. The van der Waals surface area contributed by atoms with Gasteiger partial charge in [0.1, 0.15) is 5.82 Å². The van der Waals surface area contributed by atoms with E-state index < -0.39 is 5.82 Å². The minimum absolute atomic E-state index is 0.162. The van der Waals surface area contributed by atoms with Gasteiger partial charge in [0, 0.05) is 33.5 Å². The number of carbonyl (C=O) groups excluding carboxylic acids is 1. The minimum atomic E-state index is -0.407. The molecular formula is C19H17BrClFN4O. The van der Waals surface area contributed by atoms with E-state index in [1.807, 2.05) is 26.0 Å². The maximum atomic E-state index is 13.1. The number of aromatic nitrogens is 3. The zero-order valence-corrected chi connectivity index (χ0v) is 17.1. The number of nitrogens with one attached hydrogen (secondary N) is 1. The van der Waals surface area contributed by atoms with Crippen molar-refractivity contribution in [1.29, 1.82) is 0 Å². The van der Waals surface area contributed by atoms with Crippen molar-refractivity contribution in [2.45, 2.75) is 26.8 Å². The van der Waals surface area contributed by atoms with Crippen LogP contribution in [0.4, 0.5) is 4.39 Å². The molecule has 0 aliphatic heterocycles. The average molecular weight is 452 g/mol. The Hall–Kier alpha value is -2.25. The molecule has 2 aromatic heterocycles. The fourth-order valence-electron chi connectivity index (χ4n) is 2.73. The molecule has 3 aromatic rings. The second-order valence-electron chi connectivity index (χ2n) is 6.09. The maximum absolute atomic E-state index is 13.1. The molecule has 0 aliphatic carbocycles. The van der Waals surface area contributed by atoms with E-state index in [9.17, 15) is 9.18 Å². The van der Waals surface area contributed by atoms with E-state index in [1.54, 1.807) is 16.9 Å². The van der Waals surface area contributed by atoms with Gasteiger partial charge in [0.15, 0.2) is 5.82 Å². The first-order chi connectivity index (χ1) is 12.8. The number of hydrogen-bond acceptors (Lipinski definition) is 3. The summed E-state index contributed by atoms with van der Waals surface area (Å²) in [7, 11) is 0. The molecule has 0 saturated heterocycles. The summed E-state index contributed by atoms with van der Waals surface area (Å²) in [5.41, 5.74) is 3.14. The van der Waals surface area contributed by atoms with Crippen molar-refractivity contribution < 1.29 is 9.18 Å². The number of benzene rings is 1. The van der Waals surface area contributed by atoms with Gasteiger partial charge in [-0.1, -0.05) is 17.7 Å². The van der Waals surface area contributed by atoms with Gasteiger partial charge in [-0.05, 0) is 59.6 Å². The van der Waals surface area contributed by atoms with E-state index in [4.69, 9.17) is 11.6 Å². The number of carbonyl (C=O) groups is 1. The van der Waals surface area contributed by atoms with Crippen molar-refractivity contribution in [3.63, 3.8) is 0 Å². The van der Waals surface area contributed by atoms with Gasteiger partial charge in [0.25, 0.3) is 0 Å². The fourth-order valence-corrected chi connectivity index (χ4v) is 3.20. The maximum Gasteiger partial charge on any atom is 0.224 e. The summed E-state index contributed by atoms with van der Waals surface area (Å²) < 4.78 is 15.7. The molecule has 8 heteroatoms. The zero-order valence-electron chi connectivity index (χ0n) is 14.8. The molecule has 5 nitrogen and oxygen atoms in total. The largest absolute Gasteiger partial charge is 0.352 e. The summed E-state index contributed by atoms with van der Waals surface area (Å²) in [5.74, 6) is 0.115. The first-order valence-corrected chi connectivity index (χ1v) is 9.40. The van der Waals surface area contributed by atoms with Crippen LogP contribution in [0.2, 0.25) is 5.02 Å². The van der Waals surface area contributed by atoms with E-state index in [1.165, 1.54) is 12.1 Å². The summed E-state index contributed by atoms with van der Waals surface area (Å²) in [6.07, 6.45) is 1.89. The lowest BCUT2D eigenvalue weighted by atomic mass is 10.1. The fraction of sp³-hybridized carbons (Fsp3) is 0.211. The van der Waals surface area contributed by atoms with Gasteiger partial charge in [0.05, 0.1) is 12.1 Å². The number of pyridine rings is 1. The highest BCUT2D eigenvalue weighted by Crippen LogP contribution is 2.19. The third kappa shape index (κ3) is 4.54. The molecule has 27 heavy (non-hydrogen) atoms.